The summed E-state index contributed by atoms with van der Waals surface area (Å²) in [5.41, 5.74) is 7.97. The topological polar surface area (TPSA) is 146 Å². The predicted molar refractivity (Wildman–Crippen MR) is 239 cm³/mol. The molecule has 11 heteroatoms. The fourth-order valence-corrected chi connectivity index (χ4v) is 9.20. The Balaban J connectivity index is 0.00000683. The number of rotatable bonds is 16. The largest absolute Gasteiger partial charge is 2.00 e. The molecule has 10 nitrogen and oxygen atoms in total. The third-order valence-electron chi connectivity index (χ3n) is 12.8. The van der Waals surface area contributed by atoms with Gasteiger partial charge in [0.15, 0.2) is 5.78 Å². The number of esters is 2. The van der Waals surface area contributed by atoms with Crippen LogP contribution in [0.2, 0.25) is 0 Å². The molecule has 316 valence electrons. The van der Waals surface area contributed by atoms with Crippen LogP contribution in [0.3, 0.4) is 0 Å². The van der Waals surface area contributed by atoms with E-state index in [0.717, 1.165) is 47.4 Å². The summed E-state index contributed by atoms with van der Waals surface area (Å²) >= 11 is 0. The molecule has 1 saturated heterocycles. The maximum absolute atomic E-state index is 14.3. The van der Waals surface area contributed by atoms with Crippen LogP contribution in [-0.4, -0.2) is 65.6 Å². The summed E-state index contributed by atoms with van der Waals surface area (Å²) in [5, 5.41) is 17.8. The first kappa shape index (κ1) is 46.6. The number of carbonyl (C=O) groups is 3. The molecule has 1 fully saturated rings. The van der Waals surface area contributed by atoms with Gasteiger partial charge in [-0.1, -0.05) is 125 Å². The Morgan fingerprint density at radius 2 is 1.70 bits per heavy atom. The smallest absolute Gasteiger partial charge is 0.681 e. The van der Waals surface area contributed by atoms with Crippen LogP contribution in [0, 0.1) is 37.5 Å². The Bertz CT molecular complexity index is 2430. The van der Waals surface area contributed by atoms with E-state index in [1.165, 1.54) is 44.8 Å². The molecule has 3 aromatic heterocycles. The second kappa shape index (κ2) is 20.4. The summed E-state index contributed by atoms with van der Waals surface area (Å²) in [7, 11) is 1.28. The number of carbonyl (C=O) groups excluding carboxylic acids is 3. The molecule has 0 radical (unpaired) electrons. The first-order chi connectivity index (χ1) is 28.4. The Morgan fingerprint density at radius 3 is 2.38 bits per heavy atom. The van der Waals surface area contributed by atoms with Crippen molar-refractivity contribution in [2.24, 2.45) is 23.7 Å². The summed E-state index contributed by atoms with van der Waals surface area (Å²) < 4.78 is 11.0. The number of hydrogen-bond acceptors (Lipinski definition) is 6. The molecule has 1 unspecified atom stereocenters. The number of ketones is 1. The third-order valence-corrected chi connectivity index (χ3v) is 12.8. The summed E-state index contributed by atoms with van der Waals surface area (Å²) in [6.07, 6.45) is 20.1. The van der Waals surface area contributed by atoms with E-state index >= 15 is 0 Å². The maximum atomic E-state index is 14.3. The number of aliphatic hydroxyl groups excluding tert-OH is 1. The van der Waals surface area contributed by atoms with Gasteiger partial charge in [-0.15, -0.1) is 33.1 Å². The van der Waals surface area contributed by atoms with E-state index in [1.807, 2.05) is 45.1 Å². The minimum Gasteiger partial charge on any atom is -0.681 e. The molecule has 0 aromatic carbocycles. The Kier molecular flexibility index (Phi) is 15.8. The number of fused-ring (bicyclic) bond motifs is 8. The average Bonchev–Trinajstić information content (AvgIpc) is 3.97. The first-order valence-corrected chi connectivity index (χ1v) is 21.4. The minimum atomic E-state index is -1.22. The van der Waals surface area contributed by atoms with E-state index < -0.39 is 17.9 Å². The van der Waals surface area contributed by atoms with Gasteiger partial charge in [0.05, 0.1) is 13.4 Å². The molecule has 3 aromatic rings. The number of allylic oxidation sites excluding steroid dienone is 2. The molecule has 0 amide bonds. The van der Waals surface area contributed by atoms with Crippen molar-refractivity contribution in [2.75, 3.05) is 13.7 Å². The van der Waals surface area contributed by atoms with Gasteiger partial charge >= 0.3 is 35.0 Å². The number of aliphatic hydroxyl groups is 1. The van der Waals surface area contributed by atoms with E-state index in [0.29, 0.717) is 67.9 Å². The number of methoxy groups -OCH3 is 1. The van der Waals surface area contributed by atoms with Gasteiger partial charge in [0, 0.05) is 12.0 Å². The number of unbranched alkanes of at least 4 members (excludes halogenated alkanes) is 2. The monoisotopic (exact) mass is 824 g/mol. The molecule has 1 N–H and O–H groups in total. The van der Waals surface area contributed by atoms with Gasteiger partial charge in [-0.25, -0.2) is 0 Å². The fourth-order valence-electron chi connectivity index (χ4n) is 9.20. The number of hydrogen-bond donors (Lipinski definition) is 1. The van der Waals surface area contributed by atoms with E-state index in [9.17, 15) is 19.5 Å². The second-order valence-corrected chi connectivity index (χ2v) is 16.7. The Labute approximate surface area is 370 Å². The molecule has 5 atom stereocenters. The van der Waals surface area contributed by atoms with E-state index in [1.54, 1.807) is 6.08 Å². The molecular formula is C49H60MgN4O6-2. The summed E-state index contributed by atoms with van der Waals surface area (Å²) in [6.45, 7) is 18.8. The second-order valence-electron chi connectivity index (χ2n) is 16.7. The normalized spacial score (nSPS) is 22.2. The number of nitrogens with zero attached hydrogens (tertiary/aromatic N) is 4. The number of aromatic nitrogens is 3. The molecule has 60 heavy (non-hydrogen) atoms. The zero-order valence-corrected chi connectivity index (χ0v) is 38.2. The maximum Gasteiger partial charge on any atom is 2.00 e. The molecule has 6 rings (SSSR count). The van der Waals surface area contributed by atoms with Gasteiger partial charge in [0.1, 0.15) is 12.5 Å². The van der Waals surface area contributed by atoms with Crippen LogP contribution < -0.4 is 36.2 Å². The first-order valence-electron chi connectivity index (χ1n) is 21.4. The van der Waals surface area contributed by atoms with Gasteiger partial charge in [-0.05, 0) is 81.1 Å². The number of Topliss-reactive ketones (excluding diaryl/α,β-unsaturated/α-hetero) is 1. The third kappa shape index (κ3) is 9.37. The molecule has 0 saturated carbocycles. The zero-order valence-electron chi connectivity index (χ0n) is 36.8. The standard InChI is InChI=1S/C49H60N4O6.Mg/c1-10-13-14-16-27(4)17-15-18-28(5)21-22-59-42(55)20-19-34-30(7)37-23-36-29(6)32(11-2)39(50-36)25-41-35(26-54)33(12-3)40(51-41)24-38-31(8)43-47(53-38)44(46(34)52-37)45(48(43)56)49(57)58-9;/h11,21,23-27,30,34,45-46H,2,10,12-20,22H2,1,3-9H3,(H,54,56);/q-4;+2/b28-21+,37-23-,41-25-;/t27-,30+,34+,45-,46?;/m1./s1. The quantitative estimate of drug-likeness (QED) is 0.0595. The van der Waals surface area contributed by atoms with Crippen molar-refractivity contribution in [2.45, 2.75) is 119 Å². The van der Waals surface area contributed by atoms with Crippen molar-refractivity contribution < 1.29 is 29.0 Å². The fraction of sp³-hybridized carbons (Fsp3) is 0.490. The predicted octanol–water partition coefficient (Wildman–Crippen LogP) is 6.11. The van der Waals surface area contributed by atoms with Crippen LogP contribution in [0.5, 0.6) is 0 Å². The average molecular weight is 825 g/mol. The van der Waals surface area contributed by atoms with Crippen LogP contribution in [0.25, 0.3) is 41.5 Å². The summed E-state index contributed by atoms with van der Waals surface area (Å²) in [6, 6.07) is -0.648. The van der Waals surface area contributed by atoms with Crippen molar-refractivity contribution in [3.8, 4) is 0 Å². The molecule has 1 aliphatic carbocycles. The molecule has 2 aliphatic heterocycles. The van der Waals surface area contributed by atoms with Crippen molar-refractivity contribution in [3.05, 3.63) is 95.4 Å². The molecule has 5 heterocycles. The Hall–Kier alpha value is -4.48. The van der Waals surface area contributed by atoms with Crippen LogP contribution >= 0.6 is 0 Å². The molecule has 8 bridgehead atoms. The molecular weight excluding hydrogens is 765 g/mol. The van der Waals surface area contributed by atoms with Crippen molar-refractivity contribution in [1.82, 2.24) is 15.0 Å². The molecule has 0 spiro atoms. The summed E-state index contributed by atoms with van der Waals surface area (Å²) in [4.78, 5) is 56.2. The van der Waals surface area contributed by atoms with Crippen LogP contribution in [0.15, 0.2) is 23.9 Å². The SMILES string of the molecule is C=Cc1c2[n-]c(c1C)/C=C1\[N-]C(C3=c4[n-]/c(c(C)c4C(=O)[C@@H]3C(=O)OC)=C\c3[n-]c(/c(=C\O)c3CC)=C\2)[C@@H](CCC(=O)OC/C=C(\C)CCC[C@H](C)CCCCC)[C@@H]1C.[Mg+2]. The van der Waals surface area contributed by atoms with E-state index in [4.69, 9.17) is 29.7 Å². The summed E-state index contributed by atoms with van der Waals surface area (Å²) in [5.74, 6) is -2.30. The van der Waals surface area contributed by atoms with Crippen molar-refractivity contribution in [3.63, 3.8) is 0 Å². The van der Waals surface area contributed by atoms with Gasteiger partial charge in [-0.3, -0.25) is 14.4 Å². The van der Waals surface area contributed by atoms with Gasteiger partial charge in [-0.2, -0.15) is 5.70 Å². The van der Waals surface area contributed by atoms with Crippen LogP contribution in [-0.2, 0) is 25.5 Å². The van der Waals surface area contributed by atoms with Crippen molar-refractivity contribution >= 4 is 76.9 Å². The minimum absolute atomic E-state index is 0. The van der Waals surface area contributed by atoms with E-state index in [2.05, 4.69) is 34.3 Å². The number of ether oxygens (including phenoxy) is 2. The Morgan fingerprint density at radius 1 is 0.967 bits per heavy atom. The van der Waals surface area contributed by atoms with Crippen LogP contribution in [0.4, 0.5) is 0 Å². The zero-order chi connectivity index (χ0) is 42.5. The van der Waals surface area contributed by atoms with Crippen molar-refractivity contribution in [1.29, 1.82) is 0 Å². The molecule has 3 aliphatic rings. The van der Waals surface area contributed by atoms with E-state index in [-0.39, 0.29) is 59.7 Å². The van der Waals surface area contributed by atoms with Gasteiger partial charge in [0.25, 0.3) is 0 Å². The van der Waals surface area contributed by atoms with Crippen LogP contribution in [0.1, 0.15) is 142 Å². The van der Waals surface area contributed by atoms with Gasteiger partial charge in [0.2, 0.25) is 0 Å². The van der Waals surface area contributed by atoms with Gasteiger partial charge < -0.3 is 34.8 Å².